The minimum absolute atomic E-state index is 0.437. The third-order valence-corrected chi connectivity index (χ3v) is 10.4. The molecule has 0 fully saturated rings. The van der Waals surface area contributed by atoms with Crippen molar-refractivity contribution in [2.75, 3.05) is 0 Å². The molecule has 0 amide bonds. The van der Waals surface area contributed by atoms with Crippen LogP contribution in [0.3, 0.4) is 0 Å². The fraction of sp³-hybridized carbons (Fsp3) is 0.0435. The van der Waals surface area contributed by atoms with Gasteiger partial charge in [-0.15, -0.1) is 0 Å². The summed E-state index contributed by atoms with van der Waals surface area (Å²) in [6.07, 6.45) is 2.79. The summed E-state index contributed by atoms with van der Waals surface area (Å²) in [6.45, 7) is 0. The second kappa shape index (κ2) is 11.4. The van der Waals surface area contributed by atoms with Gasteiger partial charge in [0.05, 0.1) is 0 Å². The van der Waals surface area contributed by atoms with Gasteiger partial charge >= 0.3 is 0 Å². The van der Waals surface area contributed by atoms with Gasteiger partial charge in [0, 0.05) is 44.9 Å². The van der Waals surface area contributed by atoms with Gasteiger partial charge in [-0.25, -0.2) is 0 Å². The maximum atomic E-state index is 6.52. The van der Waals surface area contributed by atoms with Crippen molar-refractivity contribution >= 4 is 71.3 Å². The Bertz CT molecular complexity index is 3050. The summed E-state index contributed by atoms with van der Waals surface area (Å²) in [5.41, 5.74) is 8.63. The summed E-state index contributed by atoms with van der Waals surface area (Å²) in [6, 6.07) is 50.4. The van der Waals surface area contributed by atoms with E-state index in [0.29, 0.717) is 0 Å². The molecule has 1 aliphatic heterocycles. The Morgan fingerprint density at radius 2 is 1.31 bits per heavy atom. The molecule has 2 atom stereocenters. The number of amidine groups is 1. The molecule has 0 aliphatic carbocycles. The summed E-state index contributed by atoms with van der Waals surface area (Å²) < 4.78 is 12.8. The highest BCUT2D eigenvalue weighted by Crippen LogP contribution is 2.47. The van der Waals surface area contributed by atoms with E-state index >= 15 is 0 Å². The van der Waals surface area contributed by atoms with Gasteiger partial charge in [-0.2, -0.15) is 0 Å². The number of rotatable bonds is 4. The molecule has 1 N–H and O–H groups in total. The lowest BCUT2D eigenvalue weighted by Gasteiger charge is -2.45. The number of para-hydroxylation sites is 1. The molecule has 4 heterocycles. The van der Waals surface area contributed by atoms with Crippen molar-refractivity contribution in [2.24, 2.45) is 4.99 Å². The zero-order valence-corrected chi connectivity index (χ0v) is 27.8. The Kier molecular flexibility index (Phi) is 6.35. The van der Waals surface area contributed by atoms with Gasteiger partial charge in [0.2, 0.25) is 0 Å². The van der Waals surface area contributed by atoms with E-state index in [1.54, 1.807) is 0 Å². The fourth-order valence-electron chi connectivity index (χ4n) is 8.03. The van der Waals surface area contributed by atoms with Gasteiger partial charge in [-0.05, 0) is 87.1 Å². The van der Waals surface area contributed by atoms with E-state index in [1.807, 2.05) is 54.9 Å². The average molecular weight is 670 g/mol. The number of pyridine rings is 1. The smallest absolute Gasteiger partial charge is 0.136 e. The summed E-state index contributed by atoms with van der Waals surface area (Å²) in [4.78, 5) is 9.65. The summed E-state index contributed by atoms with van der Waals surface area (Å²) >= 11 is 0. The largest absolute Gasteiger partial charge is 0.613 e. The standard InChI is InChI=1S/C46H29N4O2/c1-2-11-28(12-3-1)44-48-45(35-16-9-19-39-42(35)34-14-6-7-17-37(34)51-39)50-46(49-44)43-31-13-5-4-10-27(31)20-21-33(43)32-15-8-18-38-41(32)36-24-29-22-23-47-26-30(29)25-40(36)52-38/h1-26,45-46H,(H,48,49)/q-1. The van der Waals surface area contributed by atoms with Crippen LogP contribution in [-0.4, -0.2) is 10.8 Å². The van der Waals surface area contributed by atoms with Gasteiger partial charge in [0.25, 0.3) is 0 Å². The van der Waals surface area contributed by atoms with E-state index in [0.717, 1.165) is 99.1 Å². The van der Waals surface area contributed by atoms with E-state index in [-0.39, 0.29) is 0 Å². The van der Waals surface area contributed by atoms with E-state index < -0.39 is 12.3 Å². The molecule has 0 bridgehead atoms. The normalized spacial score (nSPS) is 16.3. The maximum absolute atomic E-state index is 6.52. The lowest BCUT2D eigenvalue weighted by molar-refractivity contribution is 0.636. The molecule has 52 heavy (non-hydrogen) atoms. The predicted molar refractivity (Wildman–Crippen MR) is 211 cm³/mol. The van der Waals surface area contributed by atoms with Crippen LogP contribution in [0.5, 0.6) is 0 Å². The van der Waals surface area contributed by atoms with Crippen molar-refractivity contribution < 1.29 is 8.83 Å². The van der Waals surface area contributed by atoms with Gasteiger partial charge < -0.3 is 19.5 Å². The van der Waals surface area contributed by atoms with Crippen LogP contribution in [0.15, 0.2) is 172 Å². The highest BCUT2D eigenvalue weighted by molar-refractivity contribution is 6.16. The van der Waals surface area contributed by atoms with Crippen LogP contribution in [-0.2, 0) is 0 Å². The Morgan fingerprint density at radius 3 is 2.23 bits per heavy atom. The van der Waals surface area contributed by atoms with Crippen LogP contribution in [0.2, 0.25) is 0 Å². The molecule has 10 aromatic rings. The first-order valence-corrected chi connectivity index (χ1v) is 17.5. The van der Waals surface area contributed by atoms with Gasteiger partial charge in [-0.3, -0.25) is 9.98 Å². The summed E-state index contributed by atoms with van der Waals surface area (Å²) in [5, 5.41) is 18.1. The Hall–Kier alpha value is -6.76. The lowest BCUT2D eigenvalue weighted by Crippen LogP contribution is -2.34. The zero-order chi connectivity index (χ0) is 34.2. The molecular formula is C46H29N4O2-. The van der Waals surface area contributed by atoms with Gasteiger partial charge in [0.1, 0.15) is 28.2 Å². The number of nitrogens with one attached hydrogen (secondary N) is 1. The van der Waals surface area contributed by atoms with Crippen molar-refractivity contribution in [3.8, 4) is 11.1 Å². The first kappa shape index (κ1) is 29.0. The van der Waals surface area contributed by atoms with E-state index in [4.69, 9.17) is 19.1 Å². The molecule has 0 saturated carbocycles. The number of nitrogens with zero attached hydrogens (tertiary/aromatic N) is 3. The number of aromatic nitrogens is 1. The molecule has 6 nitrogen and oxygen atoms in total. The van der Waals surface area contributed by atoms with Crippen molar-refractivity contribution in [3.05, 3.63) is 180 Å². The lowest BCUT2D eigenvalue weighted by atomic mass is 9.89. The number of furan rings is 2. The molecule has 3 aromatic heterocycles. The second-order valence-electron chi connectivity index (χ2n) is 13.3. The van der Waals surface area contributed by atoms with Crippen LogP contribution < -0.4 is 5.32 Å². The second-order valence-corrected chi connectivity index (χ2v) is 13.3. The average Bonchev–Trinajstić information content (AvgIpc) is 3.77. The van der Waals surface area contributed by atoms with E-state index in [9.17, 15) is 0 Å². The van der Waals surface area contributed by atoms with Crippen LogP contribution >= 0.6 is 0 Å². The number of benzene rings is 7. The van der Waals surface area contributed by atoms with Crippen molar-refractivity contribution in [3.63, 3.8) is 0 Å². The highest BCUT2D eigenvalue weighted by Gasteiger charge is 2.24. The Balaban J connectivity index is 1.16. The summed E-state index contributed by atoms with van der Waals surface area (Å²) in [5.74, 6) is 0.793. The van der Waals surface area contributed by atoms with Crippen LogP contribution in [0.25, 0.3) is 81.9 Å². The minimum Gasteiger partial charge on any atom is -0.613 e. The van der Waals surface area contributed by atoms with Crippen molar-refractivity contribution in [1.82, 2.24) is 10.3 Å². The number of fused-ring (bicyclic) bond motifs is 8. The van der Waals surface area contributed by atoms with Crippen molar-refractivity contribution in [1.29, 1.82) is 0 Å². The fourth-order valence-corrected chi connectivity index (χ4v) is 8.03. The van der Waals surface area contributed by atoms with Crippen molar-refractivity contribution in [2.45, 2.75) is 12.3 Å². The molecule has 2 unspecified atom stereocenters. The molecule has 246 valence electrons. The van der Waals surface area contributed by atoms with Crippen LogP contribution in [0, 0.1) is 0 Å². The molecule has 6 heteroatoms. The number of hydrogen-bond donors (Lipinski definition) is 1. The molecule has 0 spiro atoms. The van der Waals surface area contributed by atoms with E-state index in [1.165, 1.54) is 0 Å². The molecule has 0 radical (unpaired) electrons. The number of aliphatic imine (C=N–C) groups is 1. The third kappa shape index (κ3) is 4.48. The SMILES string of the molecule is c1ccc(C2=NC(c3cccc4oc5ccccc5c34)[N-]C(c3c(-c4cccc5oc6cc7cnccc7cc6c45)ccc4ccccc34)N2)cc1. The topological polar surface area (TPSA) is 77.7 Å². The number of hydrogen-bond acceptors (Lipinski definition) is 5. The zero-order valence-electron chi connectivity index (χ0n) is 27.8. The Morgan fingerprint density at radius 1 is 0.538 bits per heavy atom. The molecule has 1 aliphatic rings. The molecular weight excluding hydrogens is 641 g/mol. The first-order valence-electron chi connectivity index (χ1n) is 17.5. The maximum Gasteiger partial charge on any atom is 0.136 e. The van der Waals surface area contributed by atoms with Gasteiger partial charge in [-0.1, -0.05) is 109 Å². The predicted octanol–water partition coefficient (Wildman–Crippen LogP) is 12.0. The third-order valence-electron chi connectivity index (χ3n) is 10.4. The Labute approximate surface area is 298 Å². The first-order chi connectivity index (χ1) is 25.8. The molecule has 7 aromatic carbocycles. The quantitative estimate of drug-likeness (QED) is 0.202. The van der Waals surface area contributed by atoms with Gasteiger partial charge in [0.15, 0.2) is 0 Å². The highest BCUT2D eigenvalue weighted by atomic mass is 16.3. The molecule has 0 saturated heterocycles. The van der Waals surface area contributed by atoms with Crippen LogP contribution in [0.4, 0.5) is 0 Å². The van der Waals surface area contributed by atoms with E-state index in [2.05, 4.69) is 113 Å². The minimum atomic E-state index is -0.497. The molecule has 11 rings (SSSR count). The van der Waals surface area contributed by atoms with Crippen LogP contribution in [0.1, 0.15) is 29.0 Å². The monoisotopic (exact) mass is 669 g/mol. The summed E-state index contributed by atoms with van der Waals surface area (Å²) in [7, 11) is 0.